The van der Waals surface area contributed by atoms with Gasteiger partial charge in [0.15, 0.2) is 0 Å². The number of fused-ring (bicyclic) bond motifs is 1. The summed E-state index contributed by atoms with van der Waals surface area (Å²) in [6.45, 7) is 1.38. The third kappa shape index (κ3) is 4.36. The molecular weight excluding hydrogens is 449 g/mol. The molecule has 3 N–H and O–H groups in total. The van der Waals surface area contributed by atoms with Gasteiger partial charge in [0.2, 0.25) is 10.0 Å². The fraction of sp³-hybridized carbons (Fsp3) is 0.261. The van der Waals surface area contributed by atoms with E-state index >= 15 is 0 Å². The smallest absolute Gasteiger partial charge is 0.243 e. The molecule has 3 aromatic heterocycles. The topological polar surface area (TPSA) is 119 Å². The molecule has 0 unspecified atom stereocenters. The van der Waals surface area contributed by atoms with Gasteiger partial charge < -0.3 is 11.1 Å². The molecule has 1 saturated heterocycles. The molecule has 34 heavy (non-hydrogen) atoms. The van der Waals surface area contributed by atoms with E-state index in [4.69, 9.17) is 18.6 Å². The molecule has 0 bridgehead atoms. The molecule has 4 heterocycles. The minimum atomic E-state index is -3.59. The zero-order valence-corrected chi connectivity index (χ0v) is 19.3. The predicted octanol–water partition coefficient (Wildman–Crippen LogP) is 1.68. The number of hydrogen-bond donors (Lipinski definition) is 2. The summed E-state index contributed by atoms with van der Waals surface area (Å²) in [5.41, 5.74) is 9.20. The van der Waals surface area contributed by atoms with Crippen LogP contribution in [0, 0.1) is 0 Å². The van der Waals surface area contributed by atoms with Crippen LogP contribution in [-0.4, -0.2) is 53.2 Å². The van der Waals surface area contributed by atoms with Gasteiger partial charge in [-0.25, -0.2) is 13.4 Å². The quantitative estimate of drug-likeness (QED) is 0.323. The highest BCUT2D eigenvalue weighted by atomic mass is 32.2. The van der Waals surface area contributed by atoms with Crippen molar-refractivity contribution in [2.24, 2.45) is 0 Å². The van der Waals surface area contributed by atoms with Crippen molar-refractivity contribution >= 4 is 40.5 Å². The largest absolute Gasteiger partial charge is 0.399 e. The van der Waals surface area contributed by atoms with Gasteiger partial charge in [-0.2, -0.15) is 13.9 Å². The number of nitrogens with zero attached hydrogens (tertiary/aromatic N) is 5. The number of anilines is 2. The van der Waals surface area contributed by atoms with E-state index in [-0.39, 0.29) is 10.8 Å². The number of rotatable bonds is 6. The summed E-state index contributed by atoms with van der Waals surface area (Å²) in [6, 6.07) is 12.3. The maximum Gasteiger partial charge on any atom is 0.243 e. The van der Waals surface area contributed by atoms with Gasteiger partial charge in [0, 0.05) is 61.6 Å². The summed E-state index contributed by atoms with van der Waals surface area (Å²) in [6.07, 6.45) is 6.43. The summed E-state index contributed by atoms with van der Waals surface area (Å²) >= 11 is 0. The first-order valence-corrected chi connectivity index (χ1v) is 12.5. The van der Waals surface area contributed by atoms with E-state index in [1.807, 2.05) is 18.2 Å². The van der Waals surface area contributed by atoms with Gasteiger partial charge in [-0.15, -0.1) is 0 Å². The van der Waals surface area contributed by atoms with Crippen LogP contribution in [0.25, 0.3) is 5.65 Å². The molecule has 4 aromatic rings. The third-order valence-electron chi connectivity index (χ3n) is 6.08. The van der Waals surface area contributed by atoms with E-state index in [1.165, 1.54) is 10.4 Å². The van der Waals surface area contributed by atoms with Crippen LogP contribution in [0.3, 0.4) is 0 Å². The van der Waals surface area contributed by atoms with E-state index in [0.717, 1.165) is 17.1 Å². The highest BCUT2D eigenvalue weighted by molar-refractivity contribution is 7.89. The Morgan fingerprint density at radius 1 is 1.12 bits per heavy atom. The van der Waals surface area contributed by atoms with Crippen LogP contribution in [0.1, 0.15) is 30.0 Å². The van der Waals surface area contributed by atoms with Gasteiger partial charge in [0.1, 0.15) is 19.3 Å². The highest BCUT2D eigenvalue weighted by Gasteiger charge is 2.31. The SMILES string of the molecule is [B]c1cnn2c(NCc3cccnc3)cc(C3CCN(S(=O)(=O)c4cccc(N)c4)CC3)nc12. The zero-order chi connectivity index (χ0) is 23.7. The molecule has 1 aliphatic heterocycles. The van der Waals surface area contributed by atoms with Crippen molar-refractivity contribution in [3.8, 4) is 0 Å². The lowest BCUT2D eigenvalue weighted by atomic mass is 9.94. The Hall–Kier alpha value is -3.44. The highest BCUT2D eigenvalue weighted by Crippen LogP contribution is 2.31. The molecule has 9 nitrogen and oxygen atoms in total. The van der Waals surface area contributed by atoms with Crippen LogP contribution in [0.2, 0.25) is 0 Å². The van der Waals surface area contributed by atoms with E-state index in [2.05, 4.69) is 15.4 Å². The summed E-state index contributed by atoms with van der Waals surface area (Å²) < 4.78 is 29.3. The summed E-state index contributed by atoms with van der Waals surface area (Å²) in [5, 5.41) is 7.76. The van der Waals surface area contributed by atoms with Crippen molar-refractivity contribution in [3.05, 3.63) is 72.3 Å². The fourth-order valence-corrected chi connectivity index (χ4v) is 5.77. The minimum absolute atomic E-state index is 0.102. The number of pyridine rings is 1. The number of benzene rings is 1. The molecule has 0 saturated carbocycles. The Morgan fingerprint density at radius 3 is 2.68 bits per heavy atom. The van der Waals surface area contributed by atoms with Gasteiger partial charge in [-0.05, 0) is 48.1 Å². The van der Waals surface area contributed by atoms with Crippen LogP contribution in [0.5, 0.6) is 0 Å². The van der Waals surface area contributed by atoms with Crippen LogP contribution < -0.4 is 16.5 Å². The van der Waals surface area contributed by atoms with E-state index in [9.17, 15) is 8.42 Å². The number of nitrogens with two attached hydrogens (primary N) is 1. The Labute approximate surface area is 199 Å². The van der Waals surface area contributed by atoms with Crippen molar-refractivity contribution in [1.82, 2.24) is 23.9 Å². The van der Waals surface area contributed by atoms with Gasteiger partial charge in [0.05, 0.1) is 4.90 Å². The number of sulfonamides is 1. The average Bonchev–Trinajstić information content (AvgIpc) is 3.24. The lowest BCUT2D eigenvalue weighted by molar-refractivity contribution is 0.317. The molecule has 0 atom stereocenters. The molecule has 2 radical (unpaired) electrons. The van der Waals surface area contributed by atoms with Gasteiger partial charge in [-0.3, -0.25) is 4.98 Å². The van der Waals surface area contributed by atoms with Crippen molar-refractivity contribution in [2.45, 2.75) is 30.2 Å². The van der Waals surface area contributed by atoms with Crippen LogP contribution in [0.15, 0.2) is 66.0 Å². The molecule has 1 fully saturated rings. The van der Waals surface area contributed by atoms with Crippen molar-refractivity contribution < 1.29 is 8.42 Å². The second kappa shape index (κ2) is 9.07. The molecule has 0 spiro atoms. The number of hydrogen-bond acceptors (Lipinski definition) is 7. The van der Waals surface area contributed by atoms with Crippen LogP contribution in [0.4, 0.5) is 11.5 Å². The molecule has 172 valence electrons. The molecule has 1 aromatic carbocycles. The maximum absolute atomic E-state index is 13.1. The summed E-state index contributed by atoms with van der Waals surface area (Å²) in [4.78, 5) is 9.14. The number of nitrogen functional groups attached to an aromatic ring is 1. The fourth-order valence-electron chi connectivity index (χ4n) is 4.24. The molecule has 1 aliphatic rings. The first-order valence-electron chi connectivity index (χ1n) is 11.0. The lowest BCUT2D eigenvalue weighted by Crippen LogP contribution is -2.38. The normalized spacial score (nSPS) is 15.5. The lowest BCUT2D eigenvalue weighted by Gasteiger charge is -2.31. The second-order valence-corrected chi connectivity index (χ2v) is 10.3. The van der Waals surface area contributed by atoms with Crippen molar-refractivity contribution in [3.63, 3.8) is 0 Å². The van der Waals surface area contributed by atoms with Gasteiger partial charge >= 0.3 is 0 Å². The summed E-state index contributed by atoms with van der Waals surface area (Å²) in [5.74, 6) is 0.876. The molecule has 0 amide bonds. The predicted molar refractivity (Wildman–Crippen MR) is 132 cm³/mol. The van der Waals surface area contributed by atoms with Crippen molar-refractivity contribution in [1.29, 1.82) is 0 Å². The van der Waals surface area contributed by atoms with Gasteiger partial charge in [0.25, 0.3) is 0 Å². The summed E-state index contributed by atoms with van der Waals surface area (Å²) in [7, 11) is 2.54. The first-order chi connectivity index (χ1) is 16.4. The molecular formula is C23H24BN7O2S. The standard InChI is InChI=1S/C23H24BN7O2S/c24-20-15-28-31-22(27-14-16-3-2-8-26-13-16)12-21(29-23(20)31)17-6-9-30(10-7-17)34(32,33)19-5-1-4-18(25)11-19/h1-5,8,11-13,15,17,27H,6-7,9-10,14,25H2. The average molecular weight is 473 g/mol. The number of piperidine rings is 1. The maximum atomic E-state index is 13.1. The van der Waals surface area contributed by atoms with Crippen molar-refractivity contribution in [2.75, 3.05) is 24.1 Å². The van der Waals surface area contributed by atoms with Gasteiger partial charge in [-0.1, -0.05) is 12.1 Å². The monoisotopic (exact) mass is 473 g/mol. The van der Waals surface area contributed by atoms with E-state index in [1.54, 1.807) is 41.3 Å². The van der Waals surface area contributed by atoms with Crippen LogP contribution >= 0.6 is 0 Å². The number of nitrogens with one attached hydrogen (secondary N) is 1. The molecule has 5 rings (SSSR count). The van der Waals surface area contributed by atoms with E-state index < -0.39 is 10.0 Å². The Morgan fingerprint density at radius 2 is 1.94 bits per heavy atom. The zero-order valence-electron chi connectivity index (χ0n) is 18.5. The molecule has 11 heteroatoms. The Bertz CT molecular complexity index is 1420. The van der Waals surface area contributed by atoms with Crippen LogP contribution in [-0.2, 0) is 16.6 Å². The Kier molecular flexibility index (Phi) is 5.97. The minimum Gasteiger partial charge on any atom is -0.399 e. The number of aromatic nitrogens is 4. The first kappa shape index (κ1) is 22.4. The third-order valence-corrected chi connectivity index (χ3v) is 7.98. The van der Waals surface area contributed by atoms with E-state index in [0.29, 0.717) is 49.3 Å². The second-order valence-electron chi connectivity index (χ2n) is 8.37. The molecule has 0 aliphatic carbocycles. The Balaban J connectivity index is 1.36.